The van der Waals surface area contributed by atoms with E-state index in [2.05, 4.69) is 5.10 Å². The number of benzene rings is 1. The number of hydrogen-bond acceptors (Lipinski definition) is 5. The predicted octanol–water partition coefficient (Wildman–Crippen LogP) is 2.86. The number of carbonyl (C=O) groups excluding carboxylic acids is 1. The first-order valence-electron chi connectivity index (χ1n) is 7.82. The molecule has 6 nitrogen and oxygen atoms in total. The Morgan fingerprint density at radius 3 is 2.37 bits per heavy atom. The third-order valence-corrected chi connectivity index (χ3v) is 5.92. The molecule has 27 heavy (non-hydrogen) atoms. The second-order valence-corrected chi connectivity index (χ2v) is 7.96. The van der Waals surface area contributed by atoms with Gasteiger partial charge in [-0.2, -0.15) is 18.3 Å². The zero-order chi connectivity index (χ0) is 20.0. The molecule has 1 saturated carbocycles. The normalized spacial score (nSPS) is 15.0. The summed E-state index contributed by atoms with van der Waals surface area (Å²) in [6.45, 7) is -0.881. The van der Waals surface area contributed by atoms with Crippen LogP contribution in [0.1, 0.15) is 24.1 Å². The van der Waals surface area contributed by atoms with E-state index in [0.29, 0.717) is 17.5 Å². The average Bonchev–Trinajstić information content (AvgIpc) is 3.35. The second kappa shape index (κ2) is 6.63. The molecule has 1 fully saturated rings. The Morgan fingerprint density at radius 2 is 1.85 bits per heavy atom. The van der Waals surface area contributed by atoms with Crippen LogP contribution in [0.5, 0.6) is 0 Å². The van der Waals surface area contributed by atoms with Crippen LogP contribution in [0, 0.1) is 11.7 Å². The summed E-state index contributed by atoms with van der Waals surface area (Å²) >= 11 is 0. The van der Waals surface area contributed by atoms with Gasteiger partial charge < -0.3 is 4.74 Å². The van der Waals surface area contributed by atoms with E-state index in [9.17, 15) is 30.8 Å². The van der Waals surface area contributed by atoms with Gasteiger partial charge in [0.25, 0.3) is 0 Å². The molecule has 1 aliphatic rings. The number of aryl methyl sites for hydroxylation is 1. The quantitative estimate of drug-likeness (QED) is 0.434. The molecule has 3 rings (SSSR count). The highest BCUT2D eigenvalue weighted by atomic mass is 32.2. The molecule has 11 heteroatoms. The van der Waals surface area contributed by atoms with Crippen LogP contribution in [0.4, 0.5) is 17.6 Å². The van der Waals surface area contributed by atoms with Crippen molar-refractivity contribution >= 4 is 15.8 Å². The lowest BCUT2D eigenvalue weighted by atomic mass is 10.2. The maximum atomic E-state index is 13.3. The van der Waals surface area contributed by atoms with Crippen LogP contribution in [0.2, 0.25) is 0 Å². The third kappa shape index (κ3) is 3.82. The largest absolute Gasteiger partial charge is 0.460 e. The molecule has 1 aromatic carbocycles. The molecule has 0 bridgehead atoms. The van der Waals surface area contributed by atoms with Crippen LogP contribution in [0.15, 0.2) is 34.2 Å². The number of esters is 1. The summed E-state index contributed by atoms with van der Waals surface area (Å²) < 4.78 is 84.1. The number of nitrogens with zero attached hydrogens (tertiary/aromatic N) is 2. The van der Waals surface area contributed by atoms with Crippen molar-refractivity contribution in [2.45, 2.75) is 35.5 Å². The number of rotatable bonds is 5. The molecule has 0 N–H and O–H groups in total. The Labute approximate surface area is 151 Å². The van der Waals surface area contributed by atoms with E-state index in [0.717, 1.165) is 31.3 Å². The molecule has 0 unspecified atom stereocenters. The second-order valence-electron chi connectivity index (χ2n) is 6.09. The molecule has 1 heterocycles. The van der Waals surface area contributed by atoms with Crippen molar-refractivity contribution in [1.29, 1.82) is 0 Å². The highest BCUT2D eigenvalue weighted by Crippen LogP contribution is 2.37. The molecule has 2 aromatic rings. The first kappa shape index (κ1) is 19.3. The first-order valence-corrected chi connectivity index (χ1v) is 9.30. The van der Waals surface area contributed by atoms with E-state index < -0.39 is 55.6 Å². The van der Waals surface area contributed by atoms with Gasteiger partial charge in [0.2, 0.25) is 9.84 Å². The number of halogens is 4. The van der Waals surface area contributed by atoms with Gasteiger partial charge in [0.15, 0.2) is 10.7 Å². The fourth-order valence-corrected chi connectivity index (χ4v) is 4.14. The molecule has 0 aliphatic heterocycles. The molecule has 1 aliphatic carbocycles. The van der Waals surface area contributed by atoms with Crippen LogP contribution in [-0.4, -0.2) is 24.2 Å². The molecule has 0 amide bonds. The fourth-order valence-electron chi connectivity index (χ4n) is 2.55. The predicted molar refractivity (Wildman–Crippen MR) is 82.6 cm³/mol. The monoisotopic (exact) mass is 406 g/mol. The van der Waals surface area contributed by atoms with Gasteiger partial charge in [0.1, 0.15) is 12.4 Å². The van der Waals surface area contributed by atoms with Crippen molar-refractivity contribution in [3.05, 3.63) is 41.3 Å². The molecule has 1 aromatic heterocycles. The van der Waals surface area contributed by atoms with Gasteiger partial charge >= 0.3 is 12.1 Å². The standard InChI is InChI=1S/C16H14F4N2O4S/c1-22-14(27(24,25)11-6-4-10(17)5-7-11)12(13(21-22)16(18,19)20)8-26-15(23)9-2-3-9/h4-7,9H,2-3,8H2,1H3. The first-order chi connectivity index (χ1) is 12.5. The smallest absolute Gasteiger partial charge is 0.435 e. The van der Waals surface area contributed by atoms with Gasteiger partial charge in [-0.15, -0.1) is 0 Å². The lowest BCUT2D eigenvalue weighted by molar-refractivity contribution is -0.150. The minimum Gasteiger partial charge on any atom is -0.460 e. The van der Waals surface area contributed by atoms with E-state index in [1.165, 1.54) is 0 Å². The lowest BCUT2D eigenvalue weighted by Crippen LogP contribution is -2.15. The number of hydrogen-bond donors (Lipinski definition) is 0. The molecule has 146 valence electrons. The van der Waals surface area contributed by atoms with Crippen LogP contribution in [0.3, 0.4) is 0 Å². The third-order valence-electron chi connectivity index (χ3n) is 4.00. The van der Waals surface area contributed by atoms with E-state index in [4.69, 9.17) is 4.74 Å². The Bertz CT molecular complexity index is 977. The summed E-state index contributed by atoms with van der Waals surface area (Å²) in [5.41, 5.74) is -2.21. The van der Waals surface area contributed by atoms with Crippen molar-refractivity contribution in [3.8, 4) is 0 Å². The number of alkyl halides is 3. The highest BCUT2D eigenvalue weighted by molar-refractivity contribution is 7.91. The number of ether oxygens (including phenoxy) is 1. The summed E-state index contributed by atoms with van der Waals surface area (Å²) in [4.78, 5) is 11.3. The highest BCUT2D eigenvalue weighted by Gasteiger charge is 2.42. The minimum absolute atomic E-state index is 0.367. The summed E-state index contributed by atoms with van der Waals surface area (Å²) in [5.74, 6) is -1.75. The average molecular weight is 406 g/mol. The minimum atomic E-state index is -4.95. The fraction of sp³-hybridized carbons (Fsp3) is 0.375. The Kier molecular flexibility index (Phi) is 4.74. The van der Waals surface area contributed by atoms with Gasteiger partial charge in [-0.1, -0.05) is 0 Å². The molecule has 0 atom stereocenters. The topological polar surface area (TPSA) is 78.3 Å². The van der Waals surface area contributed by atoms with Crippen LogP contribution in [-0.2, 0) is 39.2 Å². The summed E-state index contributed by atoms with van der Waals surface area (Å²) in [6.07, 6.45) is -3.78. The zero-order valence-electron chi connectivity index (χ0n) is 14.0. The molecule has 0 spiro atoms. The summed E-state index contributed by atoms with van der Waals surface area (Å²) in [6, 6.07) is 3.62. The molecular weight excluding hydrogens is 392 g/mol. The van der Waals surface area contributed by atoms with E-state index in [-0.39, 0.29) is 5.92 Å². The van der Waals surface area contributed by atoms with Gasteiger partial charge in [-0.05, 0) is 37.1 Å². The maximum absolute atomic E-state index is 13.3. The van der Waals surface area contributed by atoms with E-state index in [1.54, 1.807) is 0 Å². The number of carbonyl (C=O) groups is 1. The van der Waals surface area contributed by atoms with Gasteiger partial charge in [0.05, 0.1) is 16.4 Å². The van der Waals surface area contributed by atoms with Crippen LogP contribution >= 0.6 is 0 Å². The van der Waals surface area contributed by atoms with Crippen molar-refractivity contribution < 1.29 is 35.5 Å². The van der Waals surface area contributed by atoms with Gasteiger partial charge in [-0.25, -0.2) is 12.8 Å². The van der Waals surface area contributed by atoms with E-state index in [1.807, 2.05) is 0 Å². The molecule has 0 saturated heterocycles. The Hall–Kier alpha value is -2.43. The van der Waals surface area contributed by atoms with Crippen molar-refractivity contribution in [2.75, 3.05) is 0 Å². The van der Waals surface area contributed by atoms with Gasteiger partial charge in [-0.3, -0.25) is 9.48 Å². The maximum Gasteiger partial charge on any atom is 0.435 e. The lowest BCUT2D eigenvalue weighted by Gasteiger charge is -2.10. The Morgan fingerprint density at radius 1 is 1.26 bits per heavy atom. The molecule has 0 radical (unpaired) electrons. The van der Waals surface area contributed by atoms with Crippen molar-refractivity contribution in [1.82, 2.24) is 9.78 Å². The number of aromatic nitrogens is 2. The molecular formula is C16H14F4N2O4S. The number of sulfone groups is 1. The van der Waals surface area contributed by atoms with Gasteiger partial charge in [0, 0.05) is 7.05 Å². The summed E-state index contributed by atoms with van der Waals surface area (Å²) in [7, 11) is -3.43. The SMILES string of the molecule is Cn1nc(C(F)(F)F)c(COC(=O)C2CC2)c1S(=O)(=O)c1ccc(F)cc1. The Balaban J connectivity index is 2.08. The zero-order valence-corrected chi connectivity index (χ0v) is 14.8. The van der Waals surface area contributed by atoms with E-state index >= 15 is 0 Å². The van der Waals surface area contributed by atoms with Crippen LogP contribution in [0.25, 0.3) is 0 Å². The van der Waals surface area contributed by atoms with Crippen molar-refractivity contribution in [3.63, 3.8) is 0 Å². The van der Waals surface area contributed by atoms with Crippen LogP contribution < -0.4 is 0 Å². The summed E-state index contributed by atoms with van der Waals surface area (Å²) in [5, 5.41) is 2.52. The van der Waals surface area contributed by atoms with Crippen molar-refractivity contribution in [2.24, 2.45) is 13.0 Å².